The summed E-state index contributed by atoms with van der Waals surface area (Å²) in [5.74, 6) is -0.286. The minimum atomic E-state index is -0.143. The molecule has 0 bridgehead atoms. The maximum atomic E-state index is 12.2. The van der Waals surface area contributed by atoms with Gasteiger partial charge < -0.3 is 0 Å². The van der Waals surface area contributed by atoms with Gasteiger partial charge in [-0.3, -0.25) is 9.59 Å². The Morgan fingerprint density at radius 2 is 1.05 bits per heavy atom. The summed E-state index contributed by atoms with van der Waals surface area (Å²) in [6, 6.07) is 11.3. The summed E-state index contributed by atoms with van der Waals surface area (Å²) in [5, 5.41) is 0. The number of allylic oxidation sites excluding steroid dienone is 2. The van der Waals surface area contributed by atoms with E-state index >= 15 is 0 Å². The van der Waals surface area contributed by atoms with Gasteiger partial charge in [-0.05, 0) is 51.0 Å². The minimum absolute atomic E-state index is 0.143. The molecule has 0 fully saturated rings. The zero-order chi connectivity index (χ0) is 16.3. The molecule has 0 aliphatic carbocycles. The van der Waals surface area contributed by atoms with E-state index in [-0.39, 0.29) is 11.6 Å². The van der Waals surface area contributed by atoms with Crippen LogP contribution in [0.5, 0.6) is 0 Å². The predicted molar refractivity (Wildman–Crippen MR) is 89.6 cm³/mol. The molecule has 0 heterocycles. The maximum Gasteiger partial charge on any atom is 0.186 e. The van der Waals surface area contributed by atoms with Crippen LogP contribution in [0.1, 0.15) is 43.0 Å². The topological polar surface area (TPSA) is 34.1 Å². The molecule has 22 heavy (non-hydrogen) atoms. The molecular weight excluding hydrogens is 272 g/mol. The van der Waals surface area contributed by atoms with Crippen molar-refractivity contribution in [1.29, 1.82) is 0 Å². The Morgan fingerprint density at radius 1 is 0.682 bits per heavy atom. The number of ketones is 2. The molecule has 0 saturated heterocycles. The molecule has 0 unspecified atom stereocenters. The molecule has 0 N–H and O–H groups in total. The Balaban J connectivity index is 2.20. The Morgan fingerprint density at radius 3 is 1.36 bits per heavy atom. The number of carbonyl (C=O) groups excluding carboxylic acids is 2. The Hall–Kier alpha value is -2.48. The summed E-state index contributed by atoms with van der Waals surface area (Å²) < 4.78 is 0. The standard InChI is InChI=1S/C20H20O2/c1-13-5-7-17(15(3)11-13)19(21)9-10-20(22)18-8-6-14(2)12-16(18)4/h5-12H,1-4H3. The monoisotopic (exact) mass is 292 g/mol. The molecule has 0 atom stereocenters. The Kier molecular flexibility index (Phi) is 4.71. The molecule has 0 aliphatic heterocycles. The molecule has 2 aromatic carbocycles. The molecule has 2 aromatic rings. The smallest absolute Gasteiger partial charge is 0.186 e. The normalized spacial score (nSPS) is 10.9. The highest BCUT2D eigenvalue weighted by molar-refractivity contribution is 6.12. The highest BCUT2D eigenvalue weighted by Gasteiger charge is 2.09. The molecule has 0 radical (unpaired) electrons. The van der Waals surface area contributed by atoms with Crippen LogP contribution in [0.2, 0.25) is 0 Å². The Bertz CT molecular complexity index is 702. The number of rotatable bonds is 4. The zero-order valence-electron chi connectivity index (χ0n) is 13.4. The lowest BCUT2D eigenvalue weighted by molar-refractivity contribution is 0.102. The van der Waals surface area contributed by atoms with E-state index in [4.69, 9.17) is 0 Å². The molecule has 0 amide bonds. The van der Waals surface area contributed by atoms with Crippen molar-refractivity contribution in [1.82, 2.24) is 0 Å². The van der Waals surface area contributed by atoms with Crippen LogP contribution in [-0.2, 0) is 0 Å². The predicted octanol–water partition coefficient (Wildman–Crippen LogP) is 4.54. The molecular formula is C20H20O2. The van der Waals surface area contributed by atoms with Gasteiger partial charge in [0.15, 0.2) is 11.6 Å². The van der Waals surface area contributed by atoms with Crippen LogP contribution in [0.25, 0.3) is 0 Å². The molecule has 2 nitrogen and oxygen atoms in total. The van der Waals surface area contributed by atoms with Gasteiger partial charge in [0.25, 0.3) is 0 Å². The zero-order valence-corrected chi connectivity index (χ0v) is 13.4. The van der Waals surface area contributed by atoms with Crippen molar-refractivity contribution in [2.24, 2.45) is 0 Å². The van der Waals surface area contributed by atoms with Gasteiger partial charge in [0.2, 0.25) is 0 Å². The summed E-state index contributed by atoms with van der Waals surface area (Å²) in [6.07, 6.45) is 2.72. The van der Waals surface area contributed by atoms with Gasteiger partial charge in [-0.25, -0.2) is 0 Å². The number of hydrogen-bond donors (Lipinski definition) is 0. The van der Waals surface area contributed by atoms with Crippen molar-refractivity contribution in [2.75, 3.05) is 0 Å². The van der Waals surface area contributed by atoms with Crippen molar-refractivity contribution in [3.8, 4) is 0 Å². The third kappa shape index (κ3) is 3.59. The van der Waals surface area contributed by atoms with E-state index in [0.717, 1.165) is 22.3 Å². The van der Waals surface area contributed by atoms with E-state index in [1.54, 1.807) is 12.1 Å². The lowest BCUT2D eigenvalue weighted by Crippen LogP contribution is -2.02. The van der Waals surface area contributed by atoms with Gasteiger partial charge in [-0.1, -0.05) is 47.5 Å². The van der Waals surface area contributed by atoms with E-state index in [1.165, 1.54) is 12.2 Å². The van der Waals surface area contributed by atoms with Crippen LogP contribution in [0.15, 0.2) is 48.6 Å². The second-order valence-corrected chi connectivity index (χ2v) is 5.70. The SMILES string of the molecule is Cc1ccc(C(=O)C=CC(=O)c2ccc(C)cc2C)c(C)c1. The summed E-state index contributed by atoms with van der Waals surface area (Å²) in [6.45, 7) is 7.78. The first kappa shape index (κ1) is 15.9. The van der Waals surface area contributed by atoms with Gasteiger partial charge in [0, 0.05) is 11.1 Å². The Labute approximate surface area is 131 Å². The third-order valence-electron chi connectivity index (χ3n) is 3.68. The van der Waals surface area contributed by atoms with Gasteiger partial charge in [-0.2, -0.15) is 0 Å². The second-order valence-electron chi connectivity index (χ2n) is 5.70. The van der Waals surface area contributed by atoms with Crippen LogP contribution in [0.3, 0.4) is 0 Å². The second kappa shape index (κ2) is 6.52. The molecule has 0 spiro atoms. The van der Waals surface area contributed by atoms with Gasteiger partial charge in [0.1, 0.15) is 0 Å². The van der Waals surface area contributed by atoms with Crippen molar-refractivity contribution >= 4 is 11.6 Å². The van der Waals surface area contributed by atoms with Crippen LogP contribution in [0.4, 0.5) is 0 Å². The van der Waals surface area contributed by atoms with Crippen molar-refractivity contribution in [3.05, 3.63) is 81.9 Å². The first-order valence-electron chi connectivity index (χ1n) is 7.29. The quantitative estimate of drug-likeness (QED) is 0.612. The van der Waals surface area contributed by atoms with Crippen molar-refractivity contribution in [3.63, 3.8) is 0 Å². The lowest BCUT2D eigenvalue weighted by Gasteiger charge is -2.04. The number of carbonyl (C=O) groups is 2. The fraction of sp³-hybridized carbons (Fsp3) is 0.200. The van der Waals surface area contributed by atoms with E-state index in [1.807, 2.05) is 52.0 Å². The van der Waals surface area contributed by atoms with Crippen LogP contribution >= 0.6 is 0 Å². The average molecular weight is 292 g/mol. The summed E-state index contributed by atoms with van der Waals surface area (Å²) in [7, 11) is 0. The number of benzene rings is 2. The van der Waals surface area contributed by atoms with E-state index in [0.29, 0.717) is 11.1 Å². The molecule has 112 valence electrons. The average Bonchev–Trinajstić information content (AvgIpc) is 2.44. The van der Waals surface area contributed by atoms with Crippen molar-refractivity contribution < 1.29 is 9.59 Å². The maximum absolute atomic E-state index is 12.2. The number of aryl methyl sites for hydroxylation is 4. The first-order chi connectivity index (χ1) is 10.4. The number of hydrogen-bond acceptors (Lipinski definition) is 2. The summed E-state index contributed by atoms with van der Waals surface area (Å²) in [5.41, 5.74) is 5.35. The molecule has 2 heteroatoms. The van der Waals surface area contributed by atoms with Crippen LogP contribution in [-0.4, -0.2) is 11.6 Å². The highest BCUT2D eigenvalue weighted by atomic mass is 16.1. The highest BCUT2D eigenvalue weighted by Crippen LogP contribution is 2.14. The van der Waals surface area contributed by atoms with E-state index in [2.05, 4.69) is 0 Å². The van der Waals surface area contributed by atoms with Crippen LogP contribution < -0.4 is 0 Å². The fourth-order valence-corrected chi connectivity index (χ4v) is 2.51. The van der Waals surface area contributed by atoms with Gasteiger partial charge in [-0.15, -0.1) is 0 Å². The van der Waals surface area contributed by atoms with Gasteiger partial charge in [0.05, 0.1) is 0 Å². The minimum Gasteiger partial charge on any atom is -0.289 e. The van der Waals surface area contributed by atoms with Crippen molar-refractivity contribution in [2.45, 2.75) is 27.7 Å². The molecule has 0 saturated carbocycles. The largest absolute Gasteiger partial charge is 0.289 e. The lowest BCUT2D eigenvalue weighted by atomic mass is 9.99. The summed E-state index contributed by atoms with van der Waals surface area (Å²) >= 11 is 0. The summed E-state index contributed by atoms with van der Waals surface area (Å²) in [4.78, 5) is 24.4. The molecule has 2 rings (SSSR count). The first-order valence-corrected chi connectivity index (χ1v) is 7.29. The molecule has 0 aromatic heterocycles. The van der Waals surface area contributed by atoms with E-state index in [9.17, 15) is 9.59 Å². The van der Waals surface area contributed by atoms with Crippen LogP contribution in [0, 0.1) is 27.7 Å². The molecule has 0 aliphatic rings. The fourth-order valence-electron chi connectivity index (χ4n) is 2.51. The third-order valence-corrected chi connectivity index (χ3v) is 3.68. The van der Waals surface area contributed by atoms with E-state index < -0.39 is 0 Å². The van der Waals surface area contributed by atoms with Gasteiger partial charge >= 0.3 is 0 Å².